The number of nitrogens with one attached hydrogen (secondary N) is 2. The van der Waals surface area contributed by atoms with E-state index in [1.54, 1.807) is 36.4 Å². The molecule has 0 aliphatic rings. The van der Waals surface area contributed by atoms with E-state index in [0.29, 0.717) is 16.5 Å². The van der Waals surface area contributed by atoms with Crippen LogP contribution in [0.25, 0.3) is 0 Å². The minimum Gasteiger partial charge on any atom is -0.319 e. The Balaban J connectivity index is 2.23. The first kappa shape index (κ1) is 13.6. The molecule has 0 fully saturated rings. The van der Waals surface area contributed by atoms with Gasteiger partial charge in [0, 0.05) is 0 Å². The van der Waals surface area contributed by atoms with Crippen molar-refractivity contribution in [2.45, 2.75) is 0 Å². The molecule has 1 aromatic heterocycles. The van der Waals surface area contributed by atoms with Crippen molar-refractivity contribution < 1.29 is 4.79 Å². The summed E-state index contributed by atoms with van der Waals surface area (Å²) in [6, 6.07) is 9.84. The summed E-state index contributed by atoms with van der Waals surface area (Å²) in [5.41, 5.74) is 3.01. The van der Waals surface area contributed by atoms with Gasteiger partial charge in [-0.05, 0) is 24.3 Å². The molecule has 0 radical (unpaired) electrons. The first-order valence-corrected chi connectivity index (χ1v) is 6.06. The lowest BCUT2D eigenvalue weighted by molar-refractivity contribution is 0.102. The minimum absolute atomic E-state index is 0.214. The highest BCUT2D eigenvalue weighted by atomic mass is 35.5. The molecular formula is C12H10Cl2N4O. The highest BCUT2D eigenvalue weighted by Crippen LogP contribution is 2.29. The van der Waals surface area contributed by atoms with Crippen molar-refractivity contribution in [3.63, 3.8) is 0 Å². The zero-order valence-electron chi connectivity index (χ0n) is 9.65. The van der Waals surface area contributed by atoms with Crippen molar-refractivity contribution in [3.8, 4) is 0 Å². The molecule has 0 saturated carbocycles. The van der Waals surface area contributed by atoms with E-state index in [2.05, 4.69) is 15.7 Å². The summed E-state index contributed by atoms with van der Waals surface area (Å²) in [5, 5.41) is 3.28. The number of hydrogen-bond acceptors (Lipinski definition) is 4. The molecule has 0 atom stereocenters. The topological polar surface area (TPSA) is 80.0 Å². The standard InChI is InChI=1S/C12H10Cl2N4O/c13-7-3-1-4-8(11(7)14)17-12(19)9-5-2-6-10(16-9)18-15/h1-6H,15H2,(H,16,18)(H,17,19). The van der Waals surface area contributed by atoms with Crippen LogP contribution in [-0.2, 0) is 0 Å². The normalized spacial score (nSPS) is 10.1. The van der Waals surface area contributed by atoms with E-state index < -0.39 is 5.91 Å². The van der Waals surface area contributed by atoms with Crippen LogP contribution in [0.15, 0.2) is 36.4 Å². The second-order valence-electron chi connectivity index (χ2n) is 3.61. The van der Waals surface area contributed by atoms with Crippen LogP contribution in [-0.4, -0.2) is 10.9 Å². The number of aromatic nitrogens is 1. The average Bonchev–Trinajstić information content (AvgIpc) is 2.44. The number of hydrazine groups is 1. The van der Waals surface area contributed by atoms with Crippen LogP contribution < -0.4 is 16.6 Å². The van der Waals surface area contributed by atoms with Crippen molar-refractivity contribution in [1.29, 1.82) is 0 Å². The van der Waals surface area contributed by atoms with Gasteiger partial charge < -0.3 is 10.7 Å². The van der Waals surface area contributed by atoms with Gasteiger partial charge in [-0.1, -0.05) is 35.3 Å². The van der Waals surface area contributed by atoms with Crippen LogP contribution in [0.5, 0.6) is 0 Å². The molecule has 19 heavy (non-hydrogen) atoms. The largest absolute Gasteiger partial charge is 0.319 e. The first-order chi connectivity index (χ1) is 9.11. The number of nitrogens with zero attached hydrogens (tertiary/aromatic N) is 1. The molecular weight excluding hydrogens is 287 g/mol. The van der Waals surface area contributed by atoms with Gasteiger partial charge in [-0.3, -0.25) is 4.79 Å². The number of carbonyl (C=O) groups excluding carboxylic acids is 1. The number of nitrogen functional groups attached to an aromatic ring is 1. The Kier molecular flexibility index (Phi) is 4.21. The zero-order valence-corrected chi connectivity index (χ0v) is 11.2. The Bertz CT molecular complexity index is 618. The molecule has 1 aromatic carbocycles. The third-order valence-electron chi connectivity index (χ3n) is 2.33. The number of carbonyl (C=O) groups is 1. The van der Waals surface area contributed by atoms with Crippen LogP contribution in [0.1, 0.15) is 10.5 Å². The molecule has 98 valence electrons. The van der Waals surface area contributed by atoms with Crippen molar-refractivity contribution in [1.82, 2.24) is 4.98 Å². The molecule has 0 aliphatic carbocycles. The minimum atomic E-state index is -0.402. The Morgan fingerprint density at radius 3 is 2.63 bits per heavy atom. The van der Waals surface area contributed by atoms with E-state index >= 15 is 0 Å². The van der Waals surface area contributed by atoms with Gasteiger partial charge in [0.1, 0.15) is 11.5 Å². The van der Waals surface area contributed by atoms with Crippen molar-refractivity contribution in [3.05, 3.63) is 52.1 Å². The Morgan fingerprint density at radius 2 is 1.89 bits per heavy atom. The van der Waals surface area contributed by atoms with E-state index in [1.807, 2.05) is 0 Å². The second kappa shape index (κ2) is 5.88. The van der Waals surface area contributed by atoms with Gasteiger partial charge >= 0.3 is 0 Å². The van der Waals surface area contributed by atoms with Crippen molar-refractivity contribution in [2.24, 2.45) is 5.84 Å². The van der Waals surface area contributed by atoms with Gasteiger partial charge in [0.2, 0.25) is 0 Å². The van der Waals surface area contributed by atoms with E-state index in [-0.39, 0.29) is 10.7 Å². The summed E-state index contributed by atoms with van der Waals surface area (Å²) >= 11 is 11.8. The molecule has 7 heteroatoms. The maximum absolute atomic E-state index is 12.0. The lowest BCUT2D eigenvalue weighted by Crippen LogP contribution is -2.16. The molecule has 2 rings (SSSR count). The van der Waals surface area contributed by atoms with Crippen molar-refractivity contribution in [2.75, 3.05) is 10.7 Å². The van der Waals surface area contributed by atoms with E-state index in [9.17, 15) is 4.79 Å². The van der Waals surface area contributed by atoms with E-state index in [4.69, 9.17) is 29.0 Å². The molecule has 5 nitrogen and oxygen atoms in total. The maximum atomic E-state index is 12.0. The molecule has 4 N–H and O–H groups in total. The summed E-state index contributed by atoms with van der Waals surface area (Å²) in [5.74, 6) is 5.22. The van der Waals surface area contributed by atoms with Crippen LogP contribution in [0.4, 0.5) is 11.5 Å². The molecule has 1 amide bonds. The van der Waals surface area contributed by atoms with E-state index in [1.165, 1.54) is 0 Å². The third kappa shape index (κ3) is 3.14. The summed E-state index contributed by atoms with van der Waals surface area (Å²) in [4.78, 5) is 16.0. The highest BCUT2D eigenvalue weighted by molar-refractivity contribution is 6.44. The fraction of sp³-hybridized carbons (Fsp3) is 0. The van der Waals surface area contributed by atoms with Gasteiger partial charge in [0.15, 0.2) is 0 Å². The van der Waals surface area contributed by atoms with Gasteiger partial charge in [-0.2, -0.15) is 0 Å². The first-order valence-electron chi connectivity index (χ1n) is 5.31. The number of halogens is 2. The van der Waals surface area contributed by atoms with Gasteiger partial charge in [-0.15, -0.1) is 0 Å². The fourth-order valence-electron chi connectivity index (χ4n) is 1.43. The number of hydrogen-bond donors (Lipinski definition) is 3. The quantitative estimate of drug-likeness (QED) is 0.601. The lowest BCUT2D eigenvalue weighted by Gasteiger charge is -2.08. The predicted molar refractivity (Wildman–Crippen MR) is 76.5 cm³/mol. The summed E-state index contributed by atoms with van der Waals surface area (Å²) in [7, 11) is 0. The molecule has 1 heterocycles. The smallest absolute Gasteiger partial charge is 0.274 e. The maximum Gasteiger partial charge on any atom is 0.274 e. The number of anilines is 2. The SMILES string of the molecule is NNc1cccc(C(=O)Nc2cccc(Cl)c2Cl)n1. The monoisotopic (exact) mass is 296 g/mol. The highest BCUT2D eigenvalue weighted by Gasteiger charge is 2.11. The molecule has 0 unspecified atom stereocenters. The number of amides is 1. The summed E-state index contributed by atoms with van der Waals surface area (Å²) in [6.07, 6.45) is 0. The average molecular weight is 297 g/mol. The van der Waals surface area contributed by atoms with Crippen molar-refractivity contribution >= 4 is 40.6 Å². The Labute approximate surface area is 119 Å². The fourth-order valence-corrected chi connectivity index (χ4v) is 1.78. The Hall–Kier alpha value is -1.82. The number of benzene rings is 1. The number of rotatable bonds is 3. The van der Waals surface area contributed by atoms with Gasteiger partial charge in [0.25, 0.3) is 5.91 Å². The summed E-state index contributed by atoms with van der Waals surface area (Å²) in [6.45, 7) is 0. The van der Waals surface area contributed by atoms with Crippen LogP contribution >= 0.6 is 23.2 Å². The second-order valence-corrected chi connectivity index (χ2v) is 4.39. The Morgan fingerprint density at radius 1 is 1.16 bits per heavy atom. The van der Waals surface area contributed by atoms with Crippen LogP contribution in [0, 0.1) is 0 Å². The van der Waals surface area contributed by atoms with E-state index in [0.717, 1.165) is 0 Å². The predicted octanol–water partition coefficient (Wildman–Crippen LogP) is 2.93. The molecule has 0 saturated heterocycles. The number of nitrogens with two attached hydrogens (primary N) is 1. The molecule has 0 spiro atoms. The van der Waals surface area contributed by atoms with Gasteiger partial charge in [-0.25, -0.2) is 10.8 Å². The molecule has 2 aromatic rings. The van der Waals surface area contributed by atoms with Crippen LogP contribution in [0.2, 0.25) is 10.0 Å². The number of pyridine rings is 1. The van der Waals surface area contributed by atoms with Crippen LogP contribution in [0.3, 0.4) is 0 Å². The summed E-state index contributed by atoms with van der Waals surface area (Å²) < 4.78 is 0. The lowest BCUT2D eigenvalue weighted by atomic mass is 10.3. The zero-order chi connectivity index (χ0) is 13.8. The molecule has 0 aliphatic heterocycles. The van der Waals surface area contributed by atoms with Gasteiger partial charge in [0.05, 0.1) is 15.7 Å². The molecule has 0 bridgehead atoms. The third-order valence-corrected chi connectivity index (χ3v) is 3.15.